The van der Waals surface area contributed by atoms with Gasteiger partial charge in [-0.3, -0.25) is 0 Å². The van der Waals surface area contributed by atoms with E-state index in [-0.39, 0.29) is 6.04 Å². The van der Waals surface area contributed by atoms with Crippen molar-refractivity contribution < 1.29 is 0 Å². The first-order valence-corrected chi connectivity index (χ1v) is 5.83. The van der Waals surface area contributed by atoms with Gasteiger partial charge in [0.1, 0.15) is 12.1 Å². The highest BCUT2D eigenvalue weighted by molar-refractivity contribution is 7.17. The Kier molecular flexibility index (Phi) is 3.13. The van der Waals surface area contributed by atoms with Crippen molar-refractivity contribution in [3.05, 3.63) is 17.8 Å². The number of nitrogens with two attached hydrogens (primary N) is 1. The van der Waals surface area contributed by atoms with Crippen LogP contribution in [0.15, 0.2) is 17.8 Å². The molecule has 1 unspecified atom stereocenters. The van der Waals surface area contributed by atoms with Crippen LogP contribution in [-0.4, -0.2) is 22.6 Å². The molecule has 0 aliphatic rings. The third kappa shape index (κ3) is 2.43. The smallest absolute Gasteiger partial charge is 0.147 e. The Hall–Kier alpha value is -1.20. The minimum absolute atomic E-state index is 0.221. The Morgan fingerprint density at radius 3 is 3.20 bits per heavy atom. The Morgan fingerprint density at radius 2 is 2.40 bits per heavy atom. The van der Waals surface area contributed by atoms with Crippen LogP contribution in [0.4, 0.5) is 5.82 Å². The second kappa shape index (κ2) is 4.55. The molecule has 1 atom stereocenters. The monoisotopic (exact) mass is 222 g/mol. The van der Waals surface area contributed by atoms with Gasteiger partial charge in [-0.15, -0.1) is 11.3 Å². The molecule has 0 saturated heterocycles. The van der Waals surface area contributed by atoms with Crippen LogP contribution >= 0.6 is 11.3 Å². The zero-order chi connectivity index (χ0) is 10.7. The summed E-state index contributed by atoms with van der Waals surface area (Å²) in [5.41, 5.74) is 6.68. The standard InChI is InChI=1S/C10H14N4S/c1-7(11)2-4-12-10-9-8(3-5-15-9)13-6-14-10/h3,5-7H,2,4,11H2,1H3,(H,12,13,14). The van der Waals surface area contributed by atoms with Crippen LogP contribution in [0.5, 0.6) is 0 Å². The Bertz CT molecular complexity index is 438. The van der Waals surface area contributed by atoms with Crippen LogP contribution in [0.25, 0.3) is 10.2 Å². The molecule has 0 aliphatic carbocycles. The quantitative estimate of drug-likeness (QED) is 0.828. The van der Waals surface area contributed by atoms with Gasteiger partial charge in [0.25, 0.3) is 0 Å². The van der Waals surface area contributed by atoms with Gasteiger partial charge in [0.15, 0.2) is 0 Å². The van der Waals surface area contributed by atoms with E-state index < -0.39 is 0 Å². The fraction of sp³-hybridized carbons (Fsp3) is 0.400. The number of fused-ring (bicyclic) bond motifs is 1. The van der Waals surface area contributed by atoms with Gasteiger partial charge in [0.2, 0.25) is 0 Å². The SMILES string of the molecule is CC(N)CCNc1ncnc2ccsc12. The van der Waals surface area contributed by atoms with Gasteiger partial charge in [-0.05, 0) is 24.8 Å². The summed E-state index contributed by atoms with van der Waals surface area (Å²) in [6.07, 6.45) is 2.53. The van der Waals surface area contributed by atoms with Gasteiger partial charge in [-0.2, -0.15) is 0 Å². The lowest BCUT2D eigenvalue weighted by Gasteiger charge is -2.07. The summed E-state index contributed by atoms with van der Waals surface area (Å²) in [5, 5.41) is 5.31. The number of aromatic nitrogens is 2. The molecule has 0 aromatic carbocycles. The average molecular weight is 222 g/mol. The number of hydrogen-bond donors (Lipinski definition) is 2. The van der Waals surface area contributed by atoms with Gasteiger partial charge in [-0.25, -0.2) is 9.97 Å². The van der Waals surface area contributed by atoms with Crippen molar-refractivity contribution in [2.24, 2.45) is 5.73 Å². The molecule has 0 fully saturated rings. The maximum atomic E-state index is 5.68. The molecule has 2 heterocycles. The molecule has 15 heavy (non-hydrogen) atoms. The first kappa shape index (κ1) is 10.3. The van der Waals surface area contributed by atoms with E-state index in [2.05, 4.69) is 15.3 Å². The molecule has 80 valence electrons. The number of rotatable bonds is 4. The van der Waals surface area contributed by atoms with Crippen LogP contribution in [0.3, 0.4) is 0 Å². The predicted octanol–water partition coefficient (Wildman–Crippen LogP) is 1.84. The molecule has 3 N–H and O–H groups in total. The molecule has 0 saturated carbocycles. The van der Waals surface area contributed by atoms with E-state index in [0.29, 0.717) is 0 Å². The van der Waals surface area contributed by atoms with Crippen molar-refractivity contribution in [3.63, 3.8) is 0 Å². The van der Waals surface area contributed by atoms with Crippen LogP contribution in [0.1, 0.15) is 13.3 Å². The first-order valence-electron chi connectivity index (χ1n) is 4.95. The van der Waals surface area contributed by atoms with Gasteiger partial charge >= 0.3 is 0 Å². The number of nitrogens with zero attached hydrogens (tertiary/aromatic N) is 2. The molecule has 0 bridgehead atoms. The lowest BCUT2D eigenvalue weighted by atomic mass is 10.2. The summed E-state index contributed by atoms with van der Waals surface area (Å²) in [5.74, 6) is 0.913. The summed E-state index contributed by atoms with van der Waals surface area (Å²) < 4.78 is 1.11. The Balaban J connectivity index is 2.10. The number of nitrogens with one attached hydrogen (secondary N) is 1. The van der Waals surface area contributed by atoms with Crippen molar-refractivity contribution in [3.8, 4) is 0 Å². The van der Waals surface area contributed by atoms with Gasteiger partial charge in [-0.1, -0.05) is 0 Å². The zero-order valence-corrected chi connectivity index (χ0v) is 9.42. The van der Waals surface area contributed by atoms with Gasteiger partial charge in [0, 0.05) is 12.6 Å². The van der Waals surface area contributed by atoms with Crippen LogP contribution in [0.2, 0.25) is 0 Å². The van der Waals surface area contributed by atoms with E-state index in [0.717, 1.165) is 29.0 Å². The highest BCUT2D eigenvalue weighted by Gasteiger charge is 2.03. The normalized spacial score (nSPS) is 12.9. The van der Waals surface area contributed by atoms with Crippen molar-refractivity contribution >= 4 is 27.4 Å². The first-order chi connectivity index (χ1) is 7.27. The Labute approximate surface area is 92.5 Å². The molecular weight excluding hydrogens is 208 g/mol. The summed E-state index contributed by atoms with van der Waals surface area (Å²) in [6.45, 7) is 2.85. The second-order valence-corrected chi connectivity index (χ2v) is 4.47. The summed E-state index contributed by atoms with van der Waals surface area (Å²) in [6, 6.07) is 2.22. The summed E-state index contributed by atoms with van der Waals surface area (Å²) in [4.78, 5) is 8.40. The van der Waals surface area contributed by atoms with Crippen molar-refractivity contribution in [1.82, 2.24) is 9.97 Å². The number of anilines is 1. The van der Waals surface area contributed by atoms with Gasteiger partial charge in [0.05, 0.1) is 10.2 Å². The highest BCUT2D eigenvalue weighted by Crippen LogP contribution is 2.24. The van der Waals surface area contributed by atoms with Crippen molar-refractivity contribution in [2.45, 2.75) is 19.4 Å². The molecular formula is C10H14N4S. The van der Waals surface area contributed by atoms with E-state index in [4.69, 9.17) is 5.73 Å². The fourth-order valence-corrected chi connectivity index (χ4v) is 2.14. The molecule has 0 radical (unpaired) electrons. The summed E-state index contributed by atoms with van der Waals surface area (Å²) >= 11 is 1.65. The molecule has 0 amide bonds. The minimum atomic E-state index is 0.221. The summed E-state index contributed by atoms with van der Waals surface area (Å²) in [7, 11) is 0. The van der Waals surface area contributed by atoms with E-state index >= 15 is 0 Å². The Morgan fingerprint density at radius 1 is 1.53 bits per heavy atom. The van der Waals surface area contributed by atoms with E-state index in [1.807, 2.05) is 18.4 Å². The molecule has 0 spiro atoms. The second-order valence-electron chi connectivity index (χ2n) is 3.55. The molecule has 5 heteroatoms. The molecule has 0 aliphatic heterocycles. The van der Waals surface area contributed by atoms with Crippen molar-refractivity contribution in [2.75, 3.05) is 11.9 Å². The van der Waals surface area contributed by atoms with Crippen LogP contribution in [-0.2, 0) is 0 Å². The van der Waals surface area contributed by atoms with Crippen LogP contribution < -0.4 is 11.1 Å². The maximum absolute atomic E-state index is 5.68. The lowest BCUT2D eigenvalue weighted by molar-refractivity contribution is 0.689. The van der Waals surface area contributed by atoms with Crippen molar-refractivity contribution in [1.29, 1.82) is 0 Å². The third-order valence-corrected chi connectivity index (χ3v) is 3.05. The minimum Gasteiger partial charge on any atom is -0.369 e. The van der Waals surface area contributed by atoms with E-state index in [9.17, 15) is 0 Å². The average Bonchev–Trinajstić information content (AvgIpc) is 2.65. The topological polar surface area (TPSA) is 63.8 Å². The number of hydrogen-bond acceptors (Lipinski definition) is 5. The fourth-order valence-electron chi connectivity index (χ4n) is 1.33. The molecule has 2 aromatic rings. The number of thiophene rings is 1. The predicted molar refractivity (Wildman–Crippen MR) is 64.2 cm³/mol. The molecule has 2 rings (SSSR count). The zero-order valence-electron chi connectivity index (χ0n) is 8.60. The largest absolute Gasteiger partial charge is 0.369 e. The molecule has 4 nitrogen and oxygen atoms in total. The van der Waals surface area contributed by atoms with E-state index in [1.54, 1.807) is 17.7 Å². The van der Waals surface area contributed by atoms with Crippen LogP contribution in [0, 0.1) is 0 Å². The van der Waals surface area contributed by atoms with E-state index in [1.165, 1.54) is 0 Å². The molecule has 2 aromatic heterocycles. The maximum Gasteiger partial charge on any atom is 0.147 e. The lowest BCUT2D eigenvalue weighted by Crippen LogP contribution is -2.19. The third-order valence-electron chi connectivity index (χ3n) is 2.14. The van der Waals surface area contributed by atoms with Gasteiger partial charge < -0.3 is 11.1 Å². The highest BCUT2D eigenvalue weighted by atomic mass is 32.1.